The van der Waals surface area contributed by atoms with Crippen molar-refractivity contribution in [2.24, 2.45) is 7.05 Å². The number of rotatable bonds is 5. The van der Waals surface area contributed by atoms with E-state index in [1.807, 2.05) is 67.1 Å². The number of imidazole rings is 1. The Labute approximate surface area is 155 Å². The molecular formula is C19H19N7O. The summed E-state index contributed by atoms with van der Waals surface area (Å²) in [5, 5.41) is 14.4. The van der Waals surface area contributed by atoms with E-state index in [4.69, 9.17) is 0 Å². The van der Waals surface area contributed by atoms with Crippen molar-refractivity contribution in [2.75, 3.05) is 0 Å². The molecule has 2 aromatic carbocycles. The van der Waals surface area contributed by atoms with Gasteiger partial charge in [-0.2, -0.15) is 4.68 Å². The van der Waals surface area contributed by atoms with Crippen molar-refractivity contribution in [3.8, 4) is 5.69 Å². The highest BCUT2D eigenvalue weighted by atomic mass is 16.1. The van der Waals surface area contributed by atoms with Gasteiger partial charge in [0.1, 0.15) is 5.82 Å². The number of para-hydroxylation sites is 2. The minimum Gasteiger partial charge on any atom is -0.349 e. The average molecular weight is 361 g/mol. The summed E-state index contributed by atoms with van der Waals surface area (Å²) in [4.78, 5) is 16.9. The number of benzene rings is 2. The Morgan fingerprint density at radius 2 is 1.89 bits per heavy atom. The first-order valence-corrected chi connectivity index (χ1v) is 8.63. The van der Waals surface area contributed by atoms with Crippen LogP contribution in [0.4, 0.5) is 0 Å². The molecule has 0 fully saturated rings. The van der Waals surface area contributed by atoms with E-state index in [0.29, 0.717) is 18.8 Å². The van der Waals surface area contributed by atoms with E-state index in [0.717, 1.165) is 28.1 Å². The number of amides is 1. The van der Waals surface area contributed by atoms with Crippen LogP contribution in [0.2, 0.25) is 0 Å². The molecule has 4 rings (SSSR count). The van der Waals surface area contributed by atoms with Crippen molar-refractivity contribution >= 4 is 16.9 Å². The molecule has 27 heavy (non-hydrogen) atoms. The number of carbonyl (C=O) groups is 1. The highest BCUT2D eigenvalue weighted by Gasteiger charge is 2.10. The van der Waals surface area contributed by atoms with E-state index in [1.165, 1.54) is 0 Å². The maximum Gasteiger partial charge on any atom is 0.224 e. The summed E-state index contributed by atoms with van der Waals surface area (Å²) < 4.78 is 3.65. The van der Waals surface area contributed by atoms with Gasteiger partial charge in [0.25, 0.3) is 0 Å². The van der Waals surface area contributed by atoms with E-state index in [1.54, 1.807) is 4.68 Å². The van der Waals surface area contributed by atoms with Gasteiger partial charge >= 0.3 is 0 Å². The Bertz CT molecular complexity index is 1090. The monoisotopic (exact) mass is 361 g/mol. The van der Waals surface area contributed by atoms with Crippen LogP contribution in [0.25, 0.3) is 16.7 Å². The summed E-state index contributed by atoms with van der Waals surface area (Å²) in [5.41, 5.74) is 3.77. The van der Waals surface area contributed by atoms with Gasteiger partial charge in [0.2, 0.25) is 5.91 Å². The molecule has 0 spiro atoms. The van der Waals surface area contributed by atoms with Gasteiger partial charge < -0.3 is 9.88 Å². The van der Waals surface area contributed by atoms with Crippen LogP contribution in [0, 0.1) is 6.92 Å². The van der Waals surface area contributed by atoms with Crippen molar-refractivity contribution in [3.63, 3.8) is 0 Å². The largest absolute Gasteiger partial charge is 0.349 e. The van der Waals surface area contributed by atoms with Gasteiger partial charge in [-0.1, -0.05) is 24.3 Å². The number of aryl methyl sites for hydroxylation is 2. The summed E-state index contributed by atoms with van der Waals surface area (Å²) in [5.74, 6) is 1.49. The summed E-state index contributed by atoms with van der Waals surface area (Å²) in [6, 6.07) is 15.5. The molecule has 4 aromatic rings. The third-order valence-electron chi connectivity index (χ3n) is 4.49. The fourth-order valence-electron chi connectivity index (χ4n) is 3.00. The van der Waals surface area contributed by atoms with Gasteiger partial charge in [0.15, 0.2) is 5.82 Å². The van der Waals surface area contributed by atoms with E-state index < -0.39 is 0 Å². The molecule has 0 aliphatic heterocycles. The number of aromatic nitrogens is 6. The molecule has 0 atom stereocenters. The number of fused-ring (bicyclic) bond motifs is 1. The molecule has 0 aliphatic carbocycles. The molecule has 0 bridgehead atoms. The number of hydrogen-bond acceptors (Lipinski definition) is 5. The summed E-state index contributed by atoms with van der Waals surface area (Å²) >= 11 is 0. The molecule has 2 aromatic heterocycles. The molecule has 0 radical (unpaired) electrons. The van der Waals surface area contributed by atoms with Crippen LogP contribution < -0.4 is 5.32 Å². The van der Waals surface area contributed by atoms with Gasteiger partial charge in [-0.05, 0) is 47.2 Å². The third kappa shape index (κ3) is 3.41. The fraction of sp³-hybridized carbons (Fsp3) is 0.211. The Hall–Kier alpha value is -3.55. The maximum atomic E-state index is 12.3. The number of nitrogens with zero attached hydrogens (tertiary/aromatic N) is 6. The van der Waals surface area contributed by atoms with E-state index >= 15 is 0 Å². The second-order valence-corrected chi connectivity index (χ2v) is 6.33. The number of carbonyl (C=O) groups excluding carboxylic acids is 1. The van der Waals surface area contributed by atoms with Crippen LogP contribution in [-0.2, 0) is 24.8 Å². The van der Waals surface area contributed by atoms with Gasteiger partial charge in [0, 0.05) is 7.05 Å². The van der Waals surface area contributed by atoms with E-state index in [2.05, 4.69) is 25.8 Å². The molecule has 8 heteroatoms. The second kappa shape index (κ2) is 6.99. The maximum absolute atomic E-state index is 12.3. The van der Waals surface area contributed by atoms with Gasteiger partial charge in [0.05, 0.1) is 29.7 Å². The second-order valence-electron chi connectivity index (χ2n) is 6.33. The summed E-state index contributed by atoms with van der Waals surface area (Å²) in [6.07, 6.45) is 0.304. The predicted octanol–water partition coefficient (Wildman–Crippen LogP) is 1.72. The Morgan fingerprint density at radius 1 is 1.11 bits per heavy atom. The van der Waals surface area contributed by atoms with Crippen LogP contribution in [0.1, 0.15) is 17.2 Å². The molecule has 1 amide bonds. The molecule has 0 aliphatic rings. The molecule has 0 saturated heterocycles. The van der Waals surface area contributed by atoms with Gasteiger partial charge in [-0.3, -0.25) is 4.79 Å². The minimum atomic E-state index is -0.0478. The zero-order chi connectivity index (χ0) is 18.8. The first kappa shape index (κ1) is 16.9. The minimum absolute atomic E-state index is 0.0478. The van der Waals surface area contributed by atoms with Gasteiger partial charge in [-0.25, -0.2) is 4.98 Å². The number of tetrazole rings is 1. The lowest BCUT2D eigenvalue weighted by Crippen LogP contribution is -2.26. The SMILES string of the molecule is Cc1nnnn1-c1ccc(CC(=O)NCc2nc3ccccc3n2C)cc1. The third-order valence-corrected chi connectivity index (χ3v) is 4.49. The topological polar surface area (TPSA) is 90.5 Å². The van der Waals surface area contributed by atoms with Crippen LogP contribution in [0.15, 0.2) is 48.5 Å². The highest BCUT2D eigenvalue weighted by Crippen LogP contribution is 2.14. The fourth-order valence-corrected chi connectivity index (χ4v) is 3.00. The highest BCUT2D eigenvalue weighted by molar-refractivity contribution is 5.79. The molecule has 0 unspecified atom stereocenters. The predicted molar refractivity (Wildman–Crippen MR) is 100 cm³/mol. The molecular weight excluding hydrogens is 342 g/mol. The smallest absolute Gasteiger partial charge is 0.224 e. The lowest BCUT2D eigenvalue weighted by Gasteiger charge is -2.07. The number of nitrogens with one attached hydrogen (secondary N) is 1. The quantitative estimate of drug-likeness (QED) is 0.584. The van der Waals surface area contributed by atoms with E-state index in [-0.39, 0.29) is 5.91 Å². The van der Waals surface area contributed by atoms with Gasteiger partial charge in [-0.15, -0.1) is 5.10 Å². The molecule has 2 heterocycles. The first-order chi connectivity index (χ1) is 13.1. The lowest BCUT2D eigenvalue weighted by molar-refractivity contribution is -0.120. The van der Waals surface area contributed by atoms with Crippen LogP contribution in [-0.4, -0.2) is 35.7 Å². The van der Waals surface area contributed by atoms with Crippen molar-refractivity contribution in [1.82, 2.24) is 35.1 Å². The van der Waals surface area contributed by atoms with Crippen molar-refractivity contribution < 1.29 is 4.79 Å². The Kier molecular flexibility index (Phi) is 4.37. The lowest BCUT2D eigenvalue weighted by atomic mass is 10.1. The van der Waals surface area contributed by atoms with Crippen molar-refractivity contribution in [2.45, 2.75) is 19.9 Å². The zero-order valence-electron chi connectivity index (χ0n) is 15.1. The standard InChI is InChI=1S/C19H19N7O/c1-13-22-23-24-26(13)15-9-7-14(8-10-15)11-19(27)20-12-18-21-16-5-3-4-6-17(16)25(18)2/h3-10H,11-12H2,1-2H3,(H,20,27). The molecule has 136 valence electrons. The summed E-state index contributed by atoms with van der Waals surface area (Å²) in [7, 11) is 1.95. The van der Waals surface area contributed by atoms with Crippen molar-refractivity contribution in [3.05, 3.63) is 65.7 Å². The number of hydrogen-bond donors (Lipinski definition) is 1. The van der Waals surface area contributed by atoms with Crippen LogP contribution in [0.3, 0.4) is 0 Å². The van der Waals surface area contributed by atoms with E-state index in [9.17, 15) is 4.79 Å². The molecule has 1 N–H and O–H groups in total. The Morgan fingerprint density at radius 3 is 2.59 bits per heavy atom. The summed E-state index contributed by atoms with van der Waals surface area (Å²) in [6.45, 7) is 2.23. The van der Waals surface area contributed by atoms with Crippen LogP contribution >= 0.6 is 0 Å². The average Bonchev–Trinajstić information content (AvgIpc) is 3.24. The Balaban J connectivity index is 1.39. The molecule has 8 nitrogen and oxygen atoms in total. The normalized spacial score (nSPS) is 11.0. The first-order valence-electron chi connectivity index (χ1n) is 8.63. The zero-order valence-corrected chi connectivity index (χ0v) is 15.1. The molecule has 0 saturated carbocycles. The van der Waals surface area contributed by atoms with Crippen molar-refractivity contribution in [1.29, 1.82) is 0 Å². The van der Waals surface area contributed by atoms with Crippen LogP contribution in [0.5, 0.6) is 0 Å².